The number of aromatic nitrogens is 4. The standard InChI is InChI=1S/C23H25N5O4S/c1-15(20(29)24-17-10-5-7-12-19(17)32-3)33-23-26-25-22-27(13-8-14-31-2)21(30)16-9-4-6-11-18(16)28(22)23/h4-7,9-12,15H,8,13-14H2,1-3H3,(H,24,29). The first-order valence-corrected chi connectivity index (χ1v) is 11.4. The molecule has 9 nitrogen and oxygen atoms in total. The van der Waals surface area contributed by atoms with Crippen LogP contribution in [-0.2, 0) is 16.1 Å². The van der Waals surface area contributed by atoms with Gasteiger partial charge in [0.05, 0.1) is 29.0 Å². The van der Waals surface area contributed by atoms with E-state index in [9.17, 15) is 9.59 Å². The molecule has 1 amide bonds. The second kappa shape index (κ2) is 10.1. The van der Waals surface area contributed by atoms with Crippen LogP contribution in [0.3, 0.4) is 0 Å². The lowest BCUT2D eigenvalue weighted by Gasteiger charge is -2.14. The Labute approximate surface area is 194 Å². The van der Waals surface area contributed by atoms with Gasteiger partial charge in [0, 0.05) is 20.3 Å². The van der Waals surface area contributed by atoms with Gasteiger partial charge in [0.2, 0.25) is 11.7 Å². The summed E-state index contributed by atoms with van der Waals surface area (Å²) in [5, 5.41) is 12.1. The van der Waals surface area contributed by atoms with Gasteiger partial charge in [-0.25, -0.2) is 0 Å². The van der Waals surface area contributed by atoms with Crippen molar-refractivity contribution in [2.75, 3.05) is 26.1 Å². The highest BCUT2D eigenvalue weighted by Gasteiger charge is 2.22. The summed E-state index contributed by atoms with van der Waals surface area (Å²) in [5.41, 5.74) is 1.17. The Morgan fingerprint density at radius 3 is 2.67 bits per heavy atom. The van der Waals surface area contributed by atoms with E-state index in [2.05, 4.69) is 15.5 Å². The molecule has 33 heavy (non-hydrogen) atoms. The van der Waals surface area contributed by atoms with Crippen molar-refractivity contribution in [1.82, 2.24) is 19.2 Å². The third-order valence-electron chi connectivity index (χ3n) is 5.22. The second-order valence-corrected chi connectivity index (χ2v) is 8.70. The molecule has 4 aromatic rings. The number of fused-ring (bicyclic) bond motifs is 3. The summed E-state index contributed by atoms with van der Waals surface area (Å²) in [6.07, 6.45) is 0.664. The van der Waals surface area contributed by atoms with Crippen LogP contribution in [0.25, 0.3) is 16.7 Å². The molecule has 4 rings (SSSR count). The first-order chi connectivity index (χ1) is 16.0. The predicted octanol–water partition coefficient (Wildman–Crippen LogP) is 3.21. The van der Waals surface area contributed by atoms with Crippen LogP contribution in [0.1, 0.15) is 13.3 Å². The van der Waals surface area contributed by atoms with Crippen LogP contribution < -0.4 is 15.6 Å². The number of aryl methyl sites for hydroxylation is 1. The Hall–Kier alpha value is -3.37. The summed E-state index contributed by atoms with van der Waals surface area (Å²) >= 11 is 1.27. The van der Waals surface area contributed by atoms with Gasteiger partial charge in [-0.15, -0.1) is 10.2 Å². The Bertz CT molecular complexity index is 1350. The molecule has 0 saturated heterocycles. The highest BCUT2D eigenvalue weighted by molar-refractivity contribution is 8.00. The number of carbonyl (C=O) groups excluding carboxylic acids is 1. The maximum absolute atomic E-state index is 13.1. The lowest BCUT2D eigenvalue weighted by Crippen LogP contribution is -2.25. The summed E-state index contributed by atoms with van der Waals surface area (Å²) in [7, 11) is 3.19. The highest BCUT2D eigenvalue weighted by Crippen LogP contribution is 2.28. The van der Waals surface area contributed by atoms with Crippen molar-refractivity contribution >= 4 is 40.0 Å². The number of methoxy groups -OCH3 is 2. The van der Waals surface area contributed by atoms with Crippen molar-refractivity contribution in [3.8, 4) is 5.75 Å². The van der Waals surface area contributed by atoms with E-state index in [1.807, 2.05) is 34.7 Å². The number of anilines is 1. The molecule has 0 aliphatic rings. The molecular weight excluding hydrogens is 442 g/mol. The number of rotatable bonds is 9. The summed E-state index contributed by atoms with van der Waals surface area (Å²) in [5.74, 6) is 0.829. The van der Waals surface area contributed by atoms with Gasteiger partial charge in [-0.1, -0.05) is 36.0 Å². The normalized spacial score (nSPS) is 12.2. The van der Waals surface area contributed by atoms with Crippen LogP contribution in [0.4, 0.5) is 5.69 Å². The molecule has 2 aromatic heterocycles. The van der Waals surface area contributed by atoms with Gasteiger partial charge in [0.1, 0.15) is 5.75 Å². The van der Waals surface area contributed by atoms with E-state index in [4.69, 9.17) is 9.47 Å². The number of ether oxygens (including phenoxy) is 2. The largest absolute Gasteiger partial charge is 0.495 e. The van der Waals surface area contributed by atoms with Crippen molar-refractivity contribution in [2.45, 2.75) is 30.3 Å². The van der Waals surface area contributed by atoms with Crippen molar-refractivity contribution in [3.63, 3.8) is 0 Å². The van der Waals surface area contributed by atoms with Crippen molar-refractivity contribution in [2.24, 2.45) is 0 Å². The third kappa shape index (κ3) is 4.57. The minimum Gasteiger partial charge on any atom is -0.495 e. The maximum atomic E-state index is 13.1. The number of amides is 1. The van der Waals surface area contributed by atoms with Gasteiger partial charge in [-0.05, 0) is 37.6 Å². The minimum absolute atomic E-state index is 0.125. The van der Waals surface area contributed by atoms with E-state index < -0.39 is 5.25 Å². The lowest BCUT2D eigenvalue weighted by molar-refractivity contribution is -0.115. The molecule has 0 aliphatic heterocycles. The Morgan fingerprint density at radius 2 is 1.88 bits per heavy atom. The van der Waals surface area contributed by atoms with Crippen LogP contribution in [-0.4, -0.2) is 51.1 Å². The highest BCUT2D eigenvalue weighted by atomic mass is 32.2. The van der Waals surface area contributed by atoms with E-state index in [-0.39, 0.29) is 11.5 Å². The number of nitrogens with zero attached hydrogens (tertiary/aromatic N) is 4. The van der Waals surface area contributed by atoms with E-state index >= 15 is 0 Å². The molecule has 2 aromatic carbocycles. The fourth-order valence-electron chi connectivity index (χ4n) is 3.57. The van der Waals surface area contributed by atoms with Gasteiger partial charge < -0.3 is 14.8 Å². The number of hydrogen-bond donors (Lipinski definition) is 1. The van der Waals surface area contributed by atoms with E-state index in [0.717, 1.165) is 0 Å². The Balaban J connectivity index is 1.68. The van der Waals surface area contributed by atoms with Crippen LogP contribution in [0, 0.1) is 0 Å². The second-order valence-electron chi connectivity index (χ2n) is 7.39. The molecule has 0 fully saturated rings. The Morgan fingerprint density at radius 1 is 1.12 bits per heavy atom. The molecule has 10 heteroatoms. The molecule has 1 N–H and O–H groups in total. The molecule has 1 atom stereocenters. The van der Waals surface area contributed by atoms with Gasteiger partial charge in [0.25, 0.3) is 5.56 Å². The van der Waals surface area contributed by atoms with Crippen molar-refractivity contribution in [1.29, 1.82) is 0 Å². The van der Waals surface area contributed by atoms with E-state index in [1.165, 1.54) is 11.8 Å². The average Bonchev–Trinajstić information content (AvgIpc) is 3.25. The fourth-order valence-corrected chi connectivity index (χ4v) is 4.43. The first-order valence-electron chi connectivity index (χ1n) is 10.5. The lowest BCUT2D eigenvalue weighted by atomic mass is 10.2. The van der Waals surface area contributed by atoms with Crippen LogP contribution in [0.5, 0.6) is 5.75 Å². The number of hydrogen-bond acceptors (Lipinski definition) is 7. The van der Waals surface area contributed by atoms with Crippen molar-refractivity contribution in [3.05, 3.63) is 58.9 Å². The molecule has 2 heterocycles. The minimum atomic E-state index is -0.477. The predicted molar refractivity (Wildman–Crippen MR) is 128 cm³/mol. The molecular formula is C23H25N5O4S. The van der Waals surface area contributed by atoms with E-state index in [0.29, 0.717) is 52.8 Å². The first kappa shape index (κ1) is 22.8. The summed E-state index contributed by atoms with van der Waals surface area (Å²) in [6.45, 7) is 2.78. The number of carbonyl (C=O) groups is 1. The Kier molecular flexibility index (Phi) is 6.95. The number of nitrogens with one attached hydrogen (secondary N) is 1. The number of benzene rings is 2. The van der Waals surface area contributed by atoms with Gasteiger partial charge in [-0.3, -0.25) is 18.6 Å². The zero-order valence-corrected chi connectivity index (χ0v) is 19.5. The number of para-hydroxylation sites is 3. The smallest absolute Gasteiger partial charge is 0.262 e. The molecule has 0 bridgehead atoms. The summed E-state index contributed by atoms with van der Waals surface area (Å²) in [6, 6.07) is 14.6. The summed E-state index contributed by atoms with van der Waals surface area (Å²) < 4.78 is 13.9. The SMILES string of the molecule is COCCCn1c(=O)c2ccccc2n2c(SC(C)C(=O)Nc3ccccc3OC)nnc12. The zero-order chi connectivity index (χ0) is 23.4. The number of thioether (sulfide) groups is 1. The fraction of sp³-hybridized carbons (Fsp3) is 0.304. The monoisotopic (exact) mass is 467 g/mol. The summed E-state index contributed by atoms with van der Waals surface area (Å²) in [4.78, 5) is 26.0. The van der Waals surface area contributed by atoms with Gasteiger partial charge in [-0.2, -0.15) is 0 Å². The average molecular weight is 468 g/mol. The van der Waals surface area contributed by atoms with Crippen LogP contribution in [0.15, 0.2) is 58.5 Å². The zero-order valence-electron chi connectivity index (χ0n) is 18.6. The molecule has 0 radical (unpaired) electrons. The quantitative estimate of drug-likeness (QED) is 0.298. The third-order valence-corrected chi connectivity index (χ3v) is 6.27. The topological polar surface area (TPSA) is 99.8 Å². The van der Waals surface area contributed by atoms with Crippen LogP contribution in [0.2, 0.25) is 0 Å². The molecule has 0 saturated carbocycles. The van der Waals surface area contributed by atoms with E-state index in [1.54, 1.807) is 43.9 Å². The van der Waals surface area contributed by atoms with Gasteiger partial charge >= 0.3 is 0 Å². The molecule has 0 aliphatic carbocycles. The maximum Gasteiger partial charge on any atom is 0.262 e. The molecule has 0 spiro atoms. The molecule has 172 valence electrons. The van der Waals surface area contributed by atoms with Crippen LogP contribution >= 0.6 is 11.8 Å². The molecule has 1 unspecified atom stereocenters. The van der Waals surface area contributed by atoms with Crippen molar-refractivity contribution < 1.29 is 14.3 Å². The van der Waals surface area contributed by atoms with Gasteiger partial charge in [0.15, 0.2) is 5.16 Å².